The Bertz CT molecular complexity index is 169. The fraction of sp³-hybridized carbons (Fsp3) is 0.889. The Hall–Kier alpha value is -0.610. The lowest BCUT2D eigenvalue weighted by atomic mass is 10.1. The second kappa shape index (κ2) is 5.19. The molecule has 0 heterocycles. The van der Waals surface area contributed by atoms with Crippen molar-refractivity contribution in [2.45, 2.75) is 26.3 Å². The minimum absolute atomic E-state index is 0.000833. The first-order valence-electron chi connectivity index (χ1n) is 4.54. The predicted octanol–water partition coefficient (Wildman–Crippen LogP) is -0.175. The second-order valence-corrected chi connectivity index (χ2v) is 3.70. The first kappa shape index (κ1) is 12.4. The van der Waals surface area contributed by atoms with E-state index in [9.17, 15) is 4.79 Å². The minimum atomic E-state index is -0.480. The van der Waals surface area contributed by atoms with E-state index in [2.05, 4.69) is 5.32 Å². The molecular formula is C9H20N2O2. The summed E-state index contributed by atoms with van der Waals surface area (Å²) in [6.07, 6.45) is 0. The van der Waals surface area contributed by atoms with E-state index in [0.717, 1.165) is 6.54 Å². The number of aliphatic hydroxyl groups excluding tert-OH is 1. The molecule has 0 unspecified atom stereocenters. The number of hydrogen-bond acceptors (Lipinski definition) is 3. The highest BCUT2D eigenvalue weighted by atomic mass is 16.3. The van der Waals surface area contributed by atoms with Gasteiger partial charge in [0.1, 0.15) is 0 Å². The zero-order valence-electron chi connectivity index (χ0n) is 8.92. The van der Waals surface area contributed by atoms with Gasteiger partial charge in [0.2, 0.25) is 5.91 Å². The lowest BCUT2D eigenvalue weighted by Crippen LogP contribution is -2.50. The van der Waals surface area contributed by atoms with E-state index in [0.29, 0.717) is 6.54 Å². The number of likely N-dealkylation sites (N-methyl/N-ethyl adjacent to an activating group) is 2. The topological polar surface area (TPSA) is 52.6 Å². The van der Waals surface area contributed by atoms with Gasteiger partial charge in [0.05, 0.1) is 18.7 Å². The Morgan fingerprint density at radius 1 is 1.54 bits per heavy atom. The standard InChI is InChI=1S/C9H20N2O2/c1-5-10-6-8(13)11(4)9(2,3)7-12/h10,12H,5-7H2,1-4H3. The van der Waals surface area contributed by atoms with E-state index in [-0.39, 0.29) is 12.5 Å². The number of hydrogen-bond donors (Lipinski definition) is 2. The second-order valence-electron chi connectivity index (χ2n) is 3.70. The van der Waals surface area contributed by atoms with Crippen LogP contribution in [0.4, 0.5) is 0 Å². The normalized spacial score (nSPS) is 11.5. The van der Waals surface area contributed by atoms with Crippen molar-refractivity contribution in [3.8, 4) is 0 Å². The van der Waals surface area contributed by atoms with Crippen LogP contribution in [-0.4, -0.2) is 48.2 Å². The van der Waals surface area contributed by atoms with E-state index in [1.807, 2.05) is 20.8 Å². The monoisotopic (exact) mass is 188 g/mol. The molecule has 0 saturated carbocycles. The van der Waals surface area contributed by atoms with Gasteiger partial charge < -0.3 is 15.3 Å². The highest BCUT2D eigenvalue weighted by Crippen LogP contribution is 2.10. The average molecular weight is 188 g/mol. The van der Waals surface area contributed by atoms with E-state index in [1.54, 1.807) is 11.9 Å². The van der Waals surface area contributed by atoms with Crippen molar-refractivity contribution >= 4 is 5.91 Å². The first-order valence-corrected chi connectivity index (χ1v) is 4.54. The van der Waals surface area contributed by atoms with Crippen LogP contribution in [-0.2, 0) is 4.79 Å². The van der Waals surface area contributed by atoms with Gasteiger partial charge in [-0.1, -0.05) is 6.92 Å². The van der Waals surface area contributed by atoms with Gasteiger partial charge in [-0.15, -0.1) is 0 Å². The van der Waals surface area contributed by atoms with Gasteiger partial charge in [-0.2, -0.15) is 0 Å². The summed E-state index contributed by atoms with van der Waals surface area (Å²) < 4.78 is 0. The minimum Gasteiger partial charge on any atom is -0.394 e. The highest BCUT2D eigenvalue weighted by molar-refractivity contribution is 5.78. The van der Waals surface area contributed by atoms with E-state index < -0.39 is 5.54 Å². The van der Waals surface area contributed by atoms with Crippen LogP contribution in [0.1, 0.15) is 20.8 Å². The molecule has 4 heteroatoms. The average Bonchev–Trinajstić information content (AvgIpc) is 2.12. The van der Waals surface area contributed by atoms with Crippen molar-refractivity contribution in [3.63, 3.8) is 0 Å². The van der Waals surface area contributed by atoms with E-state index in [1.165, 1.54) is 0 Å². The fourth-order valence-corrected chi connectivity index (χ4v) is 0.794. The molecule has 0 aliphatic carbocycles. The predicted molar refractivity (Wildman–Crippen MR) is 52.5 cm³/mol. The molecule has 78 valence electrons. The lowest BCUT2D eigenvalue weighted by molar-refractivity contribution is -0.134. The number of carbonyl (C=O) groups is 1. The zero-order chi connectivity index (χ0) is 10.5. The molecule has 0 aromatic heterocycles. The largest absolute Gasteiger partial charge is 0.394 e. The fourth-order valence-electron chi connectivity index (χ4n) is 0.794. The number of amides is 1. The molecule has 0 fully saturated rings. The molecule has 0 radical (unpaired) electrons. The van der Waals surface area contributed by atoms with Gasteiger partial charge in [-0.3, -0.25) is 4.79 Å². The molecule has 4 nitrogen and oxygen atoms in total. The smallest absolute Gasteiger partial charge is 0.236 e. The molecule has 0 aromatic carbocycles. The van der Waals surface area contributed by atoms with Crippen LogP contribution in [0.25, 0.3) is 0 Å². The summed E-state index contributed by atoms with van der Waals surface area (Å²) in [6, 6.07) is 0. The van der Waals surface area contributed by atoms with E-state index in [4.69, 9.17) is 5.11 Å². The molecule has 0 aliphatic rings. The van der Waals surface area contributed by atoms with Gasteiger partial charge in [-0.25, -0.2) is 0 Å². The third-order valence-electron chi connectivity index (χ3n) is 2.20. The van der Waals surface area contributed by atoms with Crippen molar-refractivity contribution in [3.05, 3.63) is 0 Å². The Morgan fingerprint density at radius 2 is 2.08 bits per heavy atom. The van der Waals surface area contributed by atoms with E-state index >= 15 is 0 Å². The Balaban J connectivity index is 4.09. The van der Waals surface area contributed by atoms with Crippen LogP contribution >= 0.6 is 0 Å². The molecule has 0 spiro atoms. The Labute approximate surface area is 79.9 Å². The summed E-state index contributed by atoms with van der Waals surface area (Å²) >= 11 is 0. The highest BCUT2D eigenvalue weighted by Gasteiger charge is 2.25. The third kappa shape index (κ3) is 3.74. The third-order valence-corrected chi connectivity index (χ3v) is 2.20. The van der Waals surface area contributed by atoms with Gasteiger partial charge in [0.25, 0.3) is 0 Å². The van der Waals surface area contributed by atoms with Crippen molar-refractivity contribution in [2.75, 3.05) is 26.7 Å². The lowest BCUT2D eigenvalue weighted by Gasteiger charge is -2.34. The maximum atomic E-state index is 11.5. The molecule has 1 amide bonds. The first-order chi connectivity index (χ1) is 5.95. The van der Waals surface area contributed by atoms with Gasteiger partial charge in [0, 0.05) is 7.05 Å². The van der Waals surface area contributed by atoms with Crippen LogP contribution in [0.3, 0.4) is 0 Å². The zero-order valence-corrected chi connectivity index (χ0v) is 8.92. The van der Waals surface area contributed by atoms with Crippen LogP contribution < -0.4 is 5.32 Å². The van der Waals surface area contributed by atoms with Crippen LogP contribution in [0.5, 0.6) is 0 Å². The summed E-state index contributed by atoms with van der Waals surface area (Å²) in [5.74, 6) is 0.000833. The molecule has 0 aliphatic heterocycles. The molecule has 13 heavy (non-hydrogen) atoms. The van der Waals surface area contributed by atoms with Gasteiger partial charge in [0.15, 0.2) is 0 Å². The number of nitrogens with one attached hydrogen (secondary N) is 1. The van der Waals surface area contributed by atoms with Gasteiger partial charge >= 0.3 is 0 Å². The molecule has 0 rings (SSSR count). The molecular weight excluding hydrogens is 168 g/mol. The summed E-state index contributed by atoms with van der Waals surface area (Å²) in [7, 11) is 1.70. The summed E-state index contributed by atoms with van der Waals surface area (Å²) in [6.45, 7) is 6.69. The summed E-state index contributed by atoms with van der Waals surface area (Å²) in [5.41, 5.74) is -0.480. The number of aliphatic hydroxyl groups is 1. The number of nitrogens with zero attached hydrogens (tertiary/aromatic N) is 1. The summed E-state index contributed by atoms with van der Waals surface area (Å²) in [5, 5.41) is 12.0. The molecule has 0 atom stereocenters. The molecule has 2 N–H and O–H groups in total. The van der Waals surface area contributed by atoms with Crippen LogP contribution in [0.15, 0.2) is 0 Å². The van der Waals surface area contributed by atoms with Crippen LogP contribution in [0.2, 0.25) is 0 Å². The summed E-state index contributed by atoms with van der Waals surface area (Å²) in [4.78, 5) is 13.0. The number of rotatable bonds is 5. The van der Waals surface area contributed by atoms with Crippen molar-refractivity contribution in [1.82, 2.24) is 10.2 Å². The Morgan fingerprint density at radius 3 is 2.46 bits per heavy atom. The van der Waals surface area contributed by atoms with Crippen molar-refractivity contribution in [2.24, 2.45) is 0 Å². The number of carbonyl (C=O) groups excluding carboxylic acids is 1. The Kier molecular flexibility index (Phi) is 4.95. The van der Waals surface area contributed by atoms with Crippen LogP contribution in [0, 0.1) is 0 Å². The SMILES string of the molecule is CCNCC(=O)N(C)C(C)(C)CO. The maximum Gasteiger partial charge on any atom is 0.236 e. The van der Waals surface area contributed by atoms with Crippen molar-refractivity contribution < 1.29 is 9.90 Å². The van der Waals surface area contributed by atoms with Crippen molar-refractivity contribution in [1.29, 1.82) is 0 Å². The molecule has 0 aromatic rings. The molecule has 0 bridgehead atoms. The molecule has 0 saturated heterocycles. The maximum absolute atomic E-state index is 11.5. The van der Waals surface area contributed by atoms with Gasteiger partial charge in [-0.05, 0) is 20.4 Å². The quantitative estimate of drug-likeness (QED) is 0.629.